The van der Waals surface area contributed by atoms with Crippen molar-refractivity contribution in [3.05, 3.63) is 54.1 Å². The van der Waals surface area contributed by atoms with Gasteiger partial charge >= 0.3 is 0 Å². The van der Waals surface area contributed by atoms with Crippen LogP contribution in [0.5, 0.6) is 0 Å². The fraction of sp³-hybridized carbons (Fsp3) is 0.455. The molecule has 1 heterocycles. The number of ether oxygens (including phenoxy) is 1. The molecular weight excluding hydrogens is 436 g/mol. The lowest BCUT2D eigenvalue weighted by atomic mass is 9.70. The maximum absolute atomic E-state index is 13.6. The van der Waals surface area contributed by atoms with Crippen LogP contribution in [0.4, 0.5) is 5.69 Å². The topological polar surface area (TPSA) is 84.0 Å². The summed E-state index contributed by atoms with van der Waals surface area (Å²) >= 11 is 0. The van der Waals surface area contributed by atoms with E-state index in [1.54, 1.807) is 7.11 Å². The lowest BCUT2D eigenvalue weighted by Gasteiger charge is -2.37. The van der Waals surface area contributed by atoms with Gasteiger partial charge in [0.25, 0.3) is 10.0 Å². The second-order valence-corrected chi connectivity index (χ2v) is 12.5. The Morgan fingerprint density at radius 2 is 1.52 bits per heavy atom. The summed E-state index contributed by atoms with van der Waals surface area (Å²) in [6.45, 7) is 0.392. The molecule has 9 heteroatoms. The van der Waals surface area contributed by atoms with Crippen LogP contribution in [0.3, 0.4) is 0 Å². The highest BCUT2D eigenvalue weighted by Gasteiger charge is 2.48. The second-order valence-electron chi connectivity index (χ2n) is 8.50. The van der Waals surface area contributed by atoms with Crippen LogP contribution in [-0.4, -0.2) is 55.0 Å². The van der Waals surface area contributed by atoms with E-state index in [1.807, 2.05) is 24.3 Å². The predicted octanol–water partition coefficient (Wildman–Crippen LogP) is 2.97. The molecule has 2 aromatic carbocycles. The van der Waals surface area contributed by atoms with Gasteiger partial charge in [-0.3, -0.25) is 4.31 Å². The van der Waals surface area contributed by atoms with Crippen molar-refractivity contribution in [3.63, 3.8) is 0 Å². The fourth-order valence-electron chi connectivity index (χ4n) is 4.73. The molecule has 168 valence electrons. The minimum Gasteiger partial charge on any atom is -0.381 e. The molecule has 1 saturated carbocycles. The fourth-order valence-corrected chi connectivity index (χ4v) is 7.20. The highest BCUT2D eigenvalue weighted by molar-refractivity contribution is 7.93. The van der Waals surface area contributed by atoms with E-state index >= 15 is 0 Å². The zero-order valence-electron chi connectivity index (χ0n) is 18.0. The number of para-hydroxylation sites is 1. The zero-order chi connectivity index (χ0) is 22.4. The largest absolute Gasteiger partial charge is 0.381 e. The summed E-state index contributed by atoms with van der Waals surface area (Å²) in [5.41, 5.74) is 1.57. The van der Waals surface area contributed by atoms with E-state index in [0.29, 0.717) is 12.2 Å². The van der Waals surface area contributed by atoms with Crippen molar-refractivity contribution < 1.29 is 21.6 Å². The van der Waals surface area contributed by atoms with E-state index in [9.17, 15) is 16.8 Å². The van der Waals surface area contributed by atoms with E-state index in [1.165, 1.54) is 42.7 Å². The highest BCUT2D eigenvalue weighted by atomic mass is 32.2. The van der Waals surface area contributed by atoms with E-state index in [-0.39, 0.29) is 21.3 Å². The van der Waals surface area contributed by atoms with E-state index in [4.69, 9.17) is 4.74 Å². The number of fused-ring (bicyclic) bond motifs is 2. The molecule has 2 aromatic rings. The van der Waals surface area contributed by atoms with Gasteiger partial charge in [0.15, 0.2) is 0 Å². The average molecular weight is 465 g/mol. The van der Waals surface area contributed by atoms with Gasteiger partial charge in [-0.2, -0.15) is 0 Å². The molecule has 0 aromatic heterocycles. The molecule has 2 aliphatic rings. The Morgan fingerprint density at radius 1 is 0.935 bits per heavy atom. The quantitative estimate of drug-likeness (QED) is 0.679. The molecule has 1 aliphatic carbocycles. The number of anilines is 1. The van der Waals surface area contributed by atoms with Crippen molar-refractivity contribution in [2.75, 3.05) is 32.1 Å². The van der Waals surface area contributed by atoms with E-state index in [0.717, 1.165) is 35.6 Å². The monoisotopic (exact) mass is 464 g/mol. The number of methoxy groups -OCH3 is 1. The molecule has 0 N–H and O–H groups in total. The van der Waals surface area contributed by atoms with Crippen molar-refractivity contribution >= 4 is 25.7 Å². The summed E-state index contributed by atoms with van der Waals surface area (Å²) in [6.07, 6.45) is 3.75. The van der Waals surface area contributed by atoms with Gasteiger partial charge in [-0.15, -0.1) is 0 Å². The van der Waals surface area contributed by atoms with Crippen LogP contribution in [0.25, 0.3) is 0 Å². The van der Waals surface area contributed by atoms with Gasteiger partial charge in [0.05, 0.1) is 21.6 Å². The van der Waals surface area contributed by atoms with Gasteiger partial charge in [0.1, 0.15) is 0 Å². The van der Waals surface area contributed by atoms with Crippen molar-refractivity contribution in [1.29, 1.82) is 0 Å². The van der Waals surface area contributed by atoms with Crippen LogP contribution >= 0.6 is 0 Å². The molecule has 0 amide bonds. The maximum atomic E-state index is 13.6. The van der Waals surface area contributed by atoms with Crippen LogP contribution in [0.1, 0.15) is 31.2 Å². The standard InChI is InChI=1S/C22H28N2O5S2/c1-23(2)30(25,26)18-8-10-19(11-9-18)31(27,28)24-16-22(14-12-17(29-3)13-15-22)20-6-4-5-7-21(20)24/h4-11,17H,12-16H2,1-3H3. The van der Waals surface area contributed by atoms with Gasteiger partial charge in [0.2, 0.25) is 10.0 Å². The zero-order valence-corrected chi connectivity index (χ0v) is 19.6. The smallest absolute Gasteiger partial charge is 0.264 e. The second kappa shape index (κ2) is 7.88. The first kappa shape index (κ1) is 22.3. The van der Waals surface area contributed by atoms with Gasteiger partial charge in [-0.1, -0.05) is 18.2 Å². The molecule has 1 aliphatic heterocycles. The number of hydrogen-bond acceptors (Lipinski definition) is 5. The number of hydrogen-bond donors (Lipinski definition) is 0. The number of sulfonamides is 2. The first-order chi connectivity index (χ1) is 14.6. The lowest BCUT2D eigenvalue weighted by molar-refractivity contribution is 0.0514. The van der Waals surface area contributed by atoms with Crippen LogP contribution in [0.15, 0.2) is 58.3 Å². The summed E-state index contributed by atoms with van der Waals surface area (Å²) < 4.78 is 59.9. The Labute approximate surface area is 184 Å². The predicted molar refractivity (Wildman–Crippen MR) is 119 cm³/mol. The number of rotatable bonds is 5. The summed E-state index contributed by atoms with van der Waals surface area (Å²) in [7, 11) is -2.85. The molecule has 0 saturated heterocycles. The van der Waals surface area contributed by atoms with Crippen molar-refractivity contribution in [2.45, 2.75) is 47.0 Å². The third kappa shape index (κ3) is 3.67. The van der Waals surface area contributed by atoms with Crippen LogP contribution < -0.4 is 4.31 Å². The molecule has 0 unspecified atom stereocenters. The summed E-state index contributed by atoms with van der Waals surface area (Å²) in [5, 5.41) is 0. The molecule has 1 spiro atoms. The van der Waals surface area contributed by atoms with E-state index in [2.05, 4.69) is 0 Å². The Morgan fingerprint density at radius 3 is 2.10 bits per heavy atom. The highest BCUT2D eigenvalue weighted by Crippen LogP contribution is 2.50. The lowest BCUT2D eigenvalue weighted by Crippen LogP contribution is -2.40. The van der Waals surface area contributed by atoms with Crippen molar-refractivity contribution in [3.8, 4) is 0 Å². The minimum atomic E-state index is -3.84. The van der Waals surface area contributed by atoms with Gasteiger partial charge in [0, 0.05) is 33.2 Å². The maximum Gasteiger partial charge on any atom is 0.264 e. The normalized spacial score (nSPS) is 24.0. The van der Waals surface area contributed by atoms with Crippen LogP contribution in [0, 0.1) is 0 Å². The molecule has 1 fully saturated rings. The summed E-state index contributed by atoms with van der Waals surface area (Å²) in [5.74, 6) is 0. The molecular formula is C22H28N2O5S2. The van der Waals surface area contributed by atoms with Crippen molar-refractivity contribution in [2.24, 2.45) is 0 Å². The molecule has 0 radical (unpaired) electrons. The molecule has 31 heavy (non-hydrogen) atoms. The summed E-state index contributed by atoms with van der Waals surface area (Å²) in [4.78, 5) is 0.148. The Balaban J connectivity index is 1.69. The van der Waals surface area contributed by atoms with Gasteiger partial charge in [-0.25, -0.2) is 21.1 Å². The average Bonchev–Trinajstić information content (AvgIpc) is 3.09. The van der Waals surface area contributed by atoms with Crippen molar-refractivity contribution in [1.82, 2.24) is 4.31 Å². The molecule has 4 rings (SSSR count). The summed E-state index contributed by atoms with van der Waals surface area (Å²) in [6, 6.07) is 13.2. The van der Waals surface area contributed by atoms with Crippen LogP contribution in [0.2, 0.25) is 0 Å². The Kier molecular flexibility index (Phi) is 5.66. The third-order valence-electron chi connectivity index (χ3n) is 6.60. The first-order valence-electron chi connectivity index (χ1n) is 10.3. The SMILES string of the molecule is COC1CCC2(CC1)CN(S(=O)(=O)c1ccc(S(=O)(=O)N(C)C)cc1)c1ccccc12. The Bertz CT molecular complexity index is 1170. The van der Waals surface area contributed by atoms with Gasteiger partial charge < -0.3 is 4.74 Å². The molecule has 7 nitrogen and oxygen atoms in total. The van der Waals surface area contributed by atoms with Crippen LogP contribution in [-0.2, 0) is 30.2 Å². The van der Waals surface area contributed by atoms with E-state index < -0.39 is 20.0 Å². The third-order valence-corrected chi connectivity index (χ3v) is 10.2. The Hall–Kier alpha value is -1.94. The number of benzene rings is 2. The molecule has 0 bridgehead atoms. The number of nitrogens with zero attached hydrogens (tertiary/aromatic N) is 2. The first-order valence-corrected chi connectivity index (χ1v) is 13.2. The minimum absolute atomic E-state index is 0.0626. The van der Waals surface area contributed by atoms with Gasteiger partial charge in [-0.05, 0) is 61.6 Å². The molecule has 0 atom stereocenters.